The number of hydrogen-bond acceptors (Lipinski definition) is 5. The van der Waals surface area contributed by atoms with Crippen molar-refractivity contribution in [2.24, 2.45) is 5.92 Å². The minimum Gasteiger partial charge on any atom is -0.377 e. The van der Waals surface area contributed by atoms with E-state index in [2.05, 4.69) is 25.7 Å². The van der Waals surface area contributed by atoms with Gasteiger partial charge in [-0.1, -0.05) is 23.2 Å². The van der Waals surface area contributed by atoms with Gasteiger partial charge >= 0.3 is 0 Å². The zero-order valence-electron chi connectivity index (χ0n) is 22.7. The number of carbonyl (C=O) groups excluding carboxylic acids is 1. The van der Waals surface area contributed by atoms with E-state index in [1.54, 1.807) is 30.3 Å². The number of nitrogens with one attached hydrogen (secondary N) is 2. The minimum atomic E-state index is -3.31. The van der Waals surface area contributed by atoms with Gasteiger partial charge in [0, 0.05) is 53.7 Å². The summed E-state index contributed by atoms with van der Waals surface area (Å²) in [6, 6.07) is 10.6. The van der Waals surface area contributed by atoms with E-state index in [9.17, 15) is 13.2 Å². The summed E-state index contributed by atoms with van der Waals surface area (Å²) in [7, 11) is -3.31. The fourth-order valence-electron chi connectivity index (χ4n) is 5.90. The Bertz CT molecular complexity index is 1490. The van der Waals surface area contributed by atoms with Crippen LogP contribution in [0.4, 0.5) is 5.69 Å². The molecule has 1 aromatic heterocycles. The number of allylic oxidation sites excluding steroid dienone is 1. The number of H-pyrrole nitrogens is 1. The Kier molecular flexibility index (Phi) is 9.10. The van der Waals surface area contributed by atoms with Crippen LogP contribution in [-0.2, 0) is 10.0 Å². The summed E-state index contributed by atoms with van der Waals surface area (Å²) in [5.41, 5.74) is 3.47. The van der Waals surface area contributed by atoms with Crippen molar-refractivity contribution in [3.63, 3.8) is 0 Å². The number of halogens is 2. The number of carbonyl (C=O) groups is 1. The van der Waals surface area contributed by atoms with E-state index in [1.807, 2.05) is 18.3 Å². The van der Waals surface area contributed by atoms with Gasteiger partial charge in [-0.05, 0) is 106 Å². The summed E-state index contributed by atoms with van der Waals surface area (Å²) < 4.78 is 25.9. The first-order valence-electron chi connectivity index (χ1n) is 13.9. The van der Waals surface area contributed by atoms with Crippen molar-refractivity contribution in [3.05, 3.63) is 76.0 Å². The number of aromatic amines is 1. The van der Waals surface area contributed by atoms with Gasteiger partial charge in [-0.15, -0.1) is 0 Å². The summed E-state index contributed by atoms with van der Waals surface area (Å²) >= 11 is 12.0. The molecular weight excluding hydrogens is 567 g/mol. The largest absolute Gasteiger partial charge is 0.377 e. The molecule has 0 spiro atoms. The van der Waals surface area contributed by atoms with Gasteiger partial charge in [0.15, 0.2) is 5.78 Å². The van der Waals surface area contributed by atoms with Crippen LogP contribution in [0.25, 0.3) is 10.9 Å². The predicted molar refractivity (Wildman–Crippen MR) is 164 cm³/mol. The summed E-state index contributed by atoms with van der Waals surface area (Å²) in [4.78, 5) is 20.6. The molecule has 2 aliphatic rings. The molecule has 0 radical (unpaired) electrons. The summed E-state index contributed by atoms with van der Waals surface area (Å²) in [5, 5.41) is 1.94. The van der Waals surface area contributed by atoms with Crippen molar-refractivity contribution in [1.82, 2.24) is 14.8 Å². The molecule has 3 aromatic rings. The average molecular weight is 604 g/mol. The topological polar surface area (TPSA) is 85.5 Å². The fourth-order valence-corrected chi connectivity index (χ4v) is 6.75. The second-order valence-corrected chi connectivity index (χ2v) is 13.6. The SMILES string of the molecule is CS(=O)(=O)Nc1ccc2[nH]cc(C3CCN(CCC4CCN(/C=C/C(=O)c5ccc(Cl)c(Cl)c5)CC4)CC3)c2c1. The van der Waals surface area contributed by atoms with Crippen LogP contribution >= 0.6 is 23.2 Å². The molecule has 10 heteroatoms. The van der Waals surface area contributed by atoms with E-state index < -0.39 is 10.0 Å². The van der Waals surface area contributed by atoms with Crippen molar-refractivity contribution in [2.45, 2.75) is 38.0 Å². The van der Waals surface area contributed by atoms with Crippen LogP contribution in [0.3, 0.4) is 0 Å². The molecule has 0 bridgehead atoms. The van der Waals surface area contributed by atoms with Gasteiger partial charge in [-0.3, -0.25) is 9.52 Å². The number of aromatic nitrogens is 1. The van der Waals surface area contributed by atoms with Crippen LogP contribution in [0.2, 0.25) is 10.0 Å². The first-order valence-corrected chi connectivity index (χ1v) is 16.5. The lowest BCUT2D eigenvalue weighted by atomic mass is 9.88. The molecule has 2 aliphatic heterocycles. The van der Waals surface area contributed by atoms with Crippen molar-refractivity contribution in [1.29, 1.82) is 0 Å². The standard InChI is InChI=1S/C30H36Cl2N4O3S/c1-40(38,39)34-24-3-5-29-25(19-24)26(20-33-29)22-9-15-36(16-10-22)14-8-21-6-12-35(13-7-21)17-11-30(37)23-2-4-27(31)28(32)18-23/h2-5,11,17-22,33-34H,6-10,12-16H2,1H3/b17-11+. The molecular formula is C30H36Cl2N4O3S. The highest BCUT2D eigenvalue weighted by atomic mass is 35.5. The van der Waals surface area contributed by atoms with Gasteiger partial charge in [0.2, 0.25) is 10.0 Å². The number of sulfonamides is 1. The maximum absolute atomic E-state index is 12.5. The van der Waals surface area contributed by atoms with E-state index >= 15 is 0 Å². The van der Waals surface area contributed by atoms with Crippen LogP contribution in [0, 0.1) is 5.92 Å². The Morgan fingerprint density at radius 1 is 1.02 bits per heavy atom. The highest BCUT2D eigenvalue weighted by Gasteiger charge is 2.24. The normalized spacial score (nSPS) is 18.1. The number of likely N-dealkylation sites (tertiary alicyclic amines) is 2. The average Bonchev–Trinajstić information content (AvgIpc) is 3.35. The molecule has 2 N–H and O–H groups in total. The smallest absolute Gasteiger partial charge is 0.229 e. The van der Waals surface area contributed by atoms with Crippen molar-refractivity contribution in [2.75, 3.05) is 43.7 Å². The fraction of sp³-hybridized carbons (Fsp3) is 0.433. The van der Waals surface area contributed by atoms with Crippen molar-refractivity contribution < 1.29 is 13.2 Å². The van der Waals surface area contributed by atoms with Gasteiger partial charge in [-0.2, -0.15) is 0 Å². The van der Waals surface area contributed by atoms with Gasteiger partial charge in [0.05, 0.1) is 16.3 Å². The van der Waals surface area contributed by atoms with Crippen molar-refractivity contribution >= 4 is 55.6 Å². The zero-order valence-corrected chi connectivity index (χ0v) is 25.0. The molecule has 214 valence electrons. The number of hydrogen-bond donors (Lipinski definition) is 2. The molecule has 0 atom stereocenters. The third kappa shape index (κ3) is 7.40. The Morgan fingerprint density at radius 2 is 1.77 bits per heavy atom. The number of rotatable bonds is 9. The molecule has 0 aliphatic carbocycles. The first-order chi connectivity index (χ1) is 19.1. The monoisotopic (exact) mass is 602 g/mol. The Hall–Kier alpha value is -2.52. The van der Waals surface area contributed by atoms with Crippen LogP contribution in [0.15, 0.2) is 54.9 Å². The zero-order chi connectivity index (χ0) is 28.3. The maximum Gasteiger partial charge on any atom is 0.229 e. The minimum absolute atomic E-state index is 0.0669. The van der Waals surface area contributed by atoms with E-state index in [0.29, 0.717) is 33.1 Å². The lowest BCUT2D eigenvalue weighted by Gasteiger charge is -2.35. The van der Waals surface area contributed by atoms with Crippen LogP contribution in [0.1, 0.15) is 53.9 Å². The molecule has 2 fully saturated rings. The van der Waals surface area contributed by atoms with Gasteiger partial charge in [0.1, 0.15) is 0 Å². The van der Waals surface area contributed by atoms with Gasteiger partial charge in [0.25, 0.3) is 0 Å². The van der Waals surface area contributed by atoms with Crippen LogP contribution in [-0.4, -0.2) is 68.0 Å². The quantitative estimate of drug-likeness (QED) is 0.215. The number of anilines is 1. The van der Waals surface area contributed by atoms with Crippen LogP contribution in [0.5, 0.6) is 0 Å². The lowest BCUT2D eigenvalue weighted by molar-refractivity contribution is 0.104. The van der Waals surface area contributed by atoms with Gasteiger partial charge in [-0.25, -0.2) is 8.42 Å². The number of ketones is 1. The second kappa shape index (κ2) is 12.6. The highest BCUT2D eigenvalue weighted by Crippen LogP contribution is 2.35. The Morgan fingerprint density at radius 3 is 2.48 bits per heavy atom. The summed E-state index contributed by atoms with van der Waals surface area (Å²) in [5.74, 6) is 1.12. The molecule has 0 amide bonds. The summed E-state index contributed by atoms with van der Waals surface area (Å²) in [6.07, 6.45) is 12.5. The third-order valence-electron chi connectivity index (χ3n) is 8.19. The Labute approximate surface area is 246 Å². The second-order valence-electron chi connectivity index (χ2n) is 11.1. The van der Waals surface area contributed by atoms with E-state index in [-0.39, 0.29) is 5.78 Å². The molecule has 40 heavy (non-hydrogen) atoms. The molecule has 5 rings (SSSR count). The molecule has 0 unspecified atom stereocenters. The molecule has 0 saturated carbocycles. The van der Waals surface area contributed by atoms with E-state index in [1.165, 1.54) is 18.2 Å². The van der Waals surface area contributed by atoms with Crippen molar-refractivity contribution in [3.8, 4) is 0 Å². The van der Waals surface area contributed by atoms with Gasteiger partial charge < -0.3 is 14.8 Å². The predicted octanol–water partition coefficient (Wildman–Crippen LogP) is 6.52. The summed E-state index contributed by atoms with van der Waals surface area (Å²) in [6.45, 7) is 5.22. The molecule has 2 saturated heterocycles. The number of piperidine rings is 2. The third-order valence-corrected chi connectivity index (χ3v) is 9.53. The Balaban J connectivity index is 1.05. The number of fused-ring (bicyclic) bond motifs is 1. The number of nitrogens with zero attached hydrogens (tertiary/aromatic N) is 2. The molecule has 2 aromatic carbocycles. The number of benzene rings is 2. The van der Waals surface area contributed by atoms with E-state index in [0.717, 1.165) is 69.3 Å². The maximum atomic E-state index is 12.5. The van der Waals surface area contributed by atoms with E-state index in [4.69, 9.17) is 23.2 Å². The lowest BCUT2D eigenvalue weighted by Crippen LogP contribution is -2.36. The molecule has 3 heterocycles. The first kappa shape index (κ1) is 29.0. The van der Waals surface area contributed by atoms with Crippen LogP contribution < -0.4 is 4.72 Å². The molecule has 7 nitrogen and oxygen atoms in total. The highest BCUT2D eigenvalue weighted by molar-refractivity contribution is 7.92.